The van der Waals surface area contributed by atoms with Gasteiger partial charge in [-0.15, -0.1) is 0 Å². The topological polar surface area (TPSA) is 55.5 Å². The summed E-state index contributed by atoms with van der Waals surface area (Å²) in [5.74, 6) is 0.795. The monoisotopic (exact) mass is 179 g/mol. The Morgan fingerprint density at radius 3 is 3.00 bits per heavy atom. The molecule has 1 aliphatic rings. The number of nitrogens with two attached hydrogens (primary N) is 1. The highest BCUT2D eigenvalue weighted by Gasteiger charge is 2.27. The van der Waals surface area contributed by atoms with Gasteiger partial charge in [0.25, 0.3) is 0 Å². The molecule has 0 heterocycles. The number of aliphatic hydroxyl groups excluding tert-OH is 1. The van der Waals surface area contributed by atoms with Crippen molar-refractivity contribution in [3.63, 3.8) is 0 Å². The number of hydrogen-bond donors (Lipinski definition) is 2. The Bertz CT molecular complexity index is 325. The van der Waals surface area contributed by atoms with Crippen molar-refractivity contribution in [3.8, 4) is 5.75 Å². The standard InChI is InChI=1S/C10H13NO2/c1-13-7-3-2-6-4-9(12)10(11)8(6)5-7/h2-3,5,9-10,12H,4,11H2,1H3/t9-,10-/m1/s1. The van der Waals surface area contributed by atoms with Crippen molar-refractivity contribution >= 4 is 0 Å². The van der Waals surface area contributed by atoms with Gasteiger partial charge in [-0.1, -0.05) is 6.07 Å². The van der Waals surface area contributed by atoms with Crippen LogP contribution in [0.25, 0.3) is 0 Å². The van der Waals surface area contributed by atoms with Crippen molar-refractivity contribution in [1.29, 1.82) is 0 Å². The Balaban J connectivity index is 2.42. The fraction of sp³-hybridized carbons (Fsp3) is 0.400. The first-order valence-corrected chi connectivity index (χ1v) is 4.33. The summed E-state index contributed by atoms with van der Waals surface area (Å²) in [5.41, 5.74) is 7.94. The van der Waals surface area contributed by atoms with Crippen molar-refractivity contribution in [3.05, 3.63) is 29.3 Å². The molecular weight excluding hydrogens is 166 g/mol. The van der Waals surface area contributed by atoms with E-state index in [1.807, 2.05) is 18.2 Å². The molecule has 3 N–H and O–H groups in total. The molecule has 0 saturated heterocycles. The highest BCUT2D eigenvalue weighted by atomic mass is 16.5. The van der Waals surface area contributed by atoms with E-state index in [0.29, 0.717) is 6.42 Å². The highest BCUT2D eigenvalue weighted by molar-refractivity contribution is 5.41. The van der Waals surface area contributed by atoms with E-state index in [-0.39, 0.29) is 6.04 Å². The van der Waals surface area contributed by atoms with Crippen molar-refractivity contribution in [2.24, 2.45) is 5.73 Å². The van der Waals surface area contributed by atoms with E-state index >= 15 is 0 Å². The molecule has 1 aromatic rings. The van der Waals surface area contributed by atoms with Crippen LogP contribution in [0.4, 0.5) is 0 Å². The van der Waals surface area contributed by atoms with Gasteiger partial charge >= 0.3 is 0 Å². The third-order valence-corrected chi connectivity index (χ3v) is 2.56. The highest BCUT2D eigenvalue weighted by Crippen LogP contribution is 2.32. The van der Waals surface area contributed by atoms with Crippen LogP contribution >= 0.6 is 0 Å². The molecule has 3 heteroatoms. The molecule has 3 nitrogen and oxygen atoms in total. The van der Waals surface area contributed by atoms with E-state index in [2.05, 4.69) is 0 Å². The molecule has 0 aromatic heterocycles. The molecular formula is C10H13NO2. The van der Waals surface area contributed by atoms with Crippen molar-refractivity contribution in [2.45, 2.75) is 18.6 Å². The maximum Gasteiger partial charge on any atom is 0.119 e. The van der Waals surface area contributed by atoms with Gasteiger partial charge in [-0.05, 0) is 23.3 Å². The molecule has 1 aromatic carbocycles. The van der Waals surface area contributed by atoms with Gasteiger partial charge in [-0.2, -0.15) is 0 Å². The zero-order valence-electron chi connectivity index (χ0n) is 7.53. The van der Waals surface area contributed by atoms with Gasteiger partial charge in [-0.3, -0.25) is 0 Å². The maximum atomic E-state index is 9.52. The Hall–Kier alpha value is -1.06. The van der Waals surface area contributed by atoms with Crippen LogP contribution in [0.1, 0.15) is 17.2 Å². The Kier molecular flexibility index (Phi) is 1.98. The second kappa shape index (κ2) is 3.01. The van der Waals surface area contributed by atoms with E-state index in [9.17, 15) is 5.11 Å². The lowest BCUT2D eigenvalue weighted by Gasteiger charge is -2.09. The average molecular weight is 179 g/mol. The lowest BCUT2D eigenvalue weighted by Crippen LogP contribution is -2.21. The number of ether oxygens (including phenoxy) is 1. The SMILES string of the molecule is COc1ccc2c(c1)[C@@H](N)[C@H](O)C2. The number of methoxy groups -OCH3 is 1. The zero-order chi connectivity index (χ0) is 9.42. The van der Waals surface area contributed by atoms with Gasteiger partial charge in [-0.25, -0.2) is 0 Å². The van der Waals surface area contributed by atoms with Crippen LogP contribution in [0.15, 0.2) is 18.2 Å². The fourth-order valence-electron chi connectivity index (χ4n) is 1.76. The van der Waals surface area contributed by atoms with Crippen LogP contribution in [0.2, 0.25) is 0 Å². The van der Waals surface area contributed by atoms with Crippen LogP contribution in [-0.4, -0.2) is 18.3 Å². The first-order valence-electron chi connectivity index (χ1n) is 4.33. The van der Waals surface area contributed by atoms with Gasteiger partial charge in [0.05, 0.1) is 19.3 Å². The molecule has 13 heavy (non-hydrogen) atoms. The molecule has 0 spiro atoms. The quantitative estimate of drug-likeness (QED) is 0.664. The van der Waals surface area contributed by atoms with E-state index in [1.54, 1.807) is 7.11 Å². The second-order valence-corrected chi connectivity index (χ2v) is 3.36. The Morgan fingerprint density at radius 1 is 1.54 bits per heavy atom. The minimum atomic E-state index is -0.442. The summed E-state index contributed by atoms with van der Waals surface area (Å²) in [6.45, 7) is 0. The third kappa shape index (κ3) is 1.30. The fourth-order valence-corrected chi connectivity index (χ4v) is 1.76. The predicted octanol–water partition coefficient (Wildman–Crippen LogP) is 0.612. The minimum Gasteiger partial charge on any atom is -0.497 e. The van der Waals surface area contributed by atoms with Gasteiger partial charge in [0.15, 0.2) is 0 Å². The molecule has 0 aliphatic heterocycles. The lowest BCUT2D eigenvalue weighted by atomic mass is 10.1. The molecule has 1 aliphatic carbocycles. The number of hydrogen-bond acceptors (Lipinski definition) is 3. The second-order valence-electron chi connectivity index (χ2n) is 3.36. The molecule has 2 rings (SSSR count). The number of fused-ring (bicyclic) bond motifs is 1. The number of rotatable bonds is 1. The van der Waals surface area contributed by atoms with Crippen LogP contribution < -0.4 is 10.5 Å². The molecule has 0 bridgehead atoms. The van der Waals surface area contributed by atoms with Crippen LogP contribution in [0.5, 0.6) is 5.75 Å². The number of benzene rings is 1. The van der Waals surface area contributed by atoms with Crippen molar-refractivity contribution in [2.75, 3.05) is 7.11 Å². The summed E-state index contributed by atoms with van der Waals surface area (Å²) >= 11 is 0. The summed E-state index contributed by atoms with van der Waals surface area (Å²) < 4.78 is 5.09. The lowest BCUT2D eigenvalue weighted by molar-refractivity contribution is 0.158. The van der Waals surface area contributed by atoms with Gasteiger partial charge in [0.1, 0.15) is 5.75 Å². The minimum absolute atomic E-state index is 0.259. The van der Waals surface area contributed by atoms with Gasteiger partial charge < -0.3 is 15.6 Å². The van der Waals surface area contributed by atoms with E-state index in [0.717, 1.165) is 16.9 Å². The van der Waals surface area contributed by atoms with Crippen molar-refractivity contribution < 1.29 is 9.84 Å². The predicted molar refractivity (Wildman–Crippen MR) is 49.6 cm³/mol. The molecule has 0 saturated carbocycles. The smallest absolute Gasteiger partial charge is 0.119 e. The summed E-state index contributed by atoms with van der Waals surface area (Å²) in [6, 6.07) is 5.49. The molecule has 70 valence electrons. The zero-order valence-corrected chi connectivity index (χ0v) is 7.53. The number of aliphatic hydroxyl groups is 1. The normalized spacial score (nSPS) is 25.8. The third-order valence-electron chi connectivity index (χ3n) is 2.56. The van der Waals surface area contributed by atoms with Gasteiger partial charge in [0.2, 0.25) is 0 Å². The summed E-state index contributed by atoms with van der Waals surface area (Å²) in [7, 11) is 1.62. The first kappa shape index (κ1) is 8.53. The summed E-state index contributed by atoms with van der Waals surface area (Å²) in [6.07, 6.45) is 0.211. The Labute approximate surface area is 77.1 Å². The molecule has 0 radical (unpaired) electrons. The molecule has 0 amide bonds. The molecule has 2 atom stereocenters. The van der Waals surface area contributed by atoms with E-state index < -0.39 is 6.10 Å². The van der Waals surface area contributed by atoms with Crippen LogP contribution in [-0.2, 0) is 6.42 Å². The van der Waals surface area contributed by atoms with E-state index in [1.165, 1.54) is 0 Å². The molecule has 0 unspecified atom stereocenters. The van der Waals surface area contributed by atoms with Crippen LogP contribution in [0, 0.1) is 0 Å². The average Bonchev–Trinajstić information content (AvgIpc) is 2.43. The largest absolute Gasteiger partial charge is 0.497 e. The maximum absolute atomic E-state index is 9.52. The summed E-state index contributed by atoms with van der Waals surface area (Å²) in [5, 5.41) is 9.52. The van der Waals surface area contributed by atoms with E-state index in [4.69, 9.17) is 10.5 Å². The molecule has 0 fully saturated rings. The van der Waals surface area contributed by atoms with Crippen molar-refractivity contribution in [1.82, 2.24) is 0 Å². The summed E-state index contributed by atoms with van der Waals surface area (Å²) in [4.78, 5) is 0. The van der Waals surface area contributed by atoms with Crippen LogP contribution in [0.3, 0.4) is 0 Å². The van der Waals surface area contributed by atoms with Gasteiger partial charge in [0, 0.05) is 6.42 Å². The Morgan fingerprint density at radius 2 is 2.31 bits per heavy atom. The first-order chi connectivity index (χ1) is 6.22.